The average Bonchev–Trinajstić information content (AvgIpc) is 2.21. The van der Waals surface area contributed by atoms with Crippen LogP contribution in [0.4, 0.5) is 5.69 Å². The average molecular weight is 206 g/mol. The number of nitrogens with two attached hydrogens (primary N) is 1. The SMILES string of the molecule is Cc1cccc(C(O)C(O)CC#N)c1N. The van der Waals surface area contributed by atoms with Gasteiger partial charge >= 0.3 is 0 Å². The standard InChI is InChI=1S/C11H14N2O2/c1-7-3-2-4-8(10(7)13)11(15)9(14)5-6-12/h2-4,9,11,14-15H,5,13H2,1H3. The van der Waals surface area contributed by atoms with E-state index in [1.54, 1.807) is 18.2 Å². The van der Waals surface area contributed by atoms with Crippen molar-refractivity contribution in [3.8, 4) is 6.07 Å². The summed E-state index contributed by atoms with van der Waals surface area (Å²) in [6.07, 6.45) is -2.32. The molecule has 0 heterocycles. The van der Waals surface area contributed by atoms with E-state index in [0.717, 1.165) is 5.56 Å². The number of hydrogen-bond acceptors (Lipinski definition) is 4. The number of aryl methyl sites for hydroxylation is 1. The van der Waals surface area contributed by atoms with Crippen LogP contribution in [0, 0.1) is 18.3 Å². The number of aliphatic hydroxyl groups is 2. The maximum atomic E-state index is 9.74. The predicted molar refractivity (Wildman–Crippen MR) is 56.8 cm³/mol. The molecule has 0 saturated carbocycles. The van der Waals surface area contributed by atoms with Gasteiger partial charge in [-0.25, -0.2) is 0 Å². The van der Waals surface area contributed by atoms with Gasteiger partial charge in [-0.15, -0.1) is 0 Å². The first-order chi connectivity index (χ1) is 7.07. The number of nitrogen functional groups attached to an aromatic ring is 1. The Morgan fingerprint density at radius 2 is 2.13 bits per heavy atom. The topological polar surface area (TPSA) is 90.3 Å². The van der Waals surface area contributed by atoms with Crippen molar-refractivity contribution in [3.63, 3.8) is 0 Å². The molecule has 4 N–H and O–H groups in total. The van der Waals surface area contributed by atoms with Gasteiger partial charge in [0, 0.05) is 11.3 Å². The van der Waals surface area contributed by atoms with E-state index in [1.807, 2.05) is 13.0 Å². The smallest absolute Gasteiger partial charge is 0.108 e. The van der Waals surface area contributed by atoms with Crippen LogP contribution in [0.3, 0.4) is 0 Å². The molecule has 2 unspecified atom stereocenters. The number of hydrogen-bond donors (Lipinski definition) is 3. The van der Waals surface area contributed by atoms with Crippen LogP contribution in [0.15, 0.2) is 18.2 Å². The second-order valence-electron chi connectivity index (χ2n) is 3.45. The summed E-state index contributed by atoms with van der Waals surface area (Å²) >= 11 is 0. The molecule has 0 radical (unpaired) electrons. The van der Waals surface area contributed by atoms with Crippen LogP contribution in [-0.2, 0) is 0 Å². The summed E-state index contributed by atoms with van der Waals surface area (Å²) < 4.78 is 0. The van der Waals surface area contributed by atoms with Crippen LogP contribution in [0.5, 0.6) is 0 Å². The first-order valence-corrected chi connectivity index (χ1v) is 4.66. The molecular weight excluding hydrogens is 192 g/mol. The van der Waals surface area contributed by atoms with Crippen molar-refractivity contribution in [2.24, 2.45) is 0 Å². The van der Waals surface area contributed by atoms with E-state index in [-0.39, 0.29) is 6.42 Å². The minimum atomic E-state index is -1.11. The quantitative estimate of drug-likeness (QED) is 0.640. The summed E-state index contributed by atoms with van der Waals surface area (Å²) in [4.78, 5) is 0. The van der Waals surface area contributed by atoms with Gasteiger partial charge in [0.05, 0.1) is 18.6 Å². The summed E-state index contributed by atoms with van der Waals surface area (Å²) in [5.41, 5.74) is 7.54. The molecule has 1 aromatic rings. The Morgan fingerprint density at radius 1 is 1.47 bits per heavy atom. The molecule has 0 saturated heterocycles. The van der Waals surface area contributed by atoms with Gasteiger partial charge in [-0.3, -0.25) is 0 Å². The van der Waals surface area contributed by atoms with Crippen molar-refractivity contribution in [1.29, 1.82) is 5.26 Å². The zero-order valence-electron chi connectivity index (χ0n) is 8.51. The summed E-state index contributed by atoms with van der Waals surface area (Å²) in [7, 11) is 0. The highest BCUT2D eigenvalue weighted by Crippen LogP contribution is 2.26. The number of para-hydroxylation sites is 1. The Hall–Kier alpha value is -1.57. The van der Waals surface area contributed by atoms with Gasteiger partial charge in [0.15, 0.2) is 0 Å². The van der Waals surface area contributed by atoms with Gasteiger partial charge in [0.2, 0.25) is 0 Å². The molecule has 0 aliphatic rings. The number of benzene rings is 1. The zero-order valence-corrected chi connectivity index (χ0v) is 8.51. The van der Waals surface area contributed by atoms with Gasteiger partial charge in [-0.1, -0.05) is 18.2 Å². The number of rotatable bonds is 3. The van der Waals surface area contributed by atoms with Crippen molar-refractivity contribution in [2.45, 2.75) is 25.6 Å². The third-order valence-electron chi connectivity index (χ3n) is 2.34. The molecule has 0 bridgehead atoms. The lowest BCUT2D eigenvalue weighted by Gasteiger charge is -2.18. The number of nitrogens with zero attached hydrogens (tertiary/aromatic N) is 1. The second-order valence-corrected chi connectivity index (χ2v) is 3.45. The van der Waals surface area contributed by atoms with Crippen molar-refractivity contribution >= 4 is 5.69 Å². The van der Waals surface area contributed by atoms with E-state index >= 15 is 0 Å². The van der Waals surface area contributed by atoms with Gasteiger partial charge < -0.3 is 15.9 Å². The molecular formula is C11H14N2O2. The van der Waals surface area contributed by atoms with Gasteiger partial charge in [-0.2, -0.15) is 5.26 Å². The number of aliphatic hydroxyl groups excluding tert-OH is 2. The lowest BCUT2D eigenvalue weighted by Crippen LogP contribution is -2.19. The minimum Gasteiger partial charge on any atom is -0.398 e. The van der Waals surface area contributed by atoms with Gasteiger partial charge in [0.25, 0.3) is 0 Å². The van der Waals surface area contributed by atoms with E-state index in [0.29, 0.717) is 11.3 Å². The number of nitriles is 1. The Kier molecular flexibility index (Phi) is 3.67. The molecule has 1 rings (SSSR count). The summed E-state index contributed by atoms with van der Waals surface area (Å²) in [5.74, 6) is 0. The lowest BCUT2D eigenvalue weighted by molar-refractivity contribution is 0.0220. The van der Waals surface area contributed by atoms with Gasteiger partial charge in [0.1, 0.15) is 6.10 Å². The van der Waals surface area contributed by atoms with Crippen molar-refractivity contribution in [3.05, 3.63) is 29.3 Å². The summed E-state index contributed by atoms with van der Waals surface area (Å²) in [6, 6.07) is 7.02. The Bertz CT molecular complexity index is 385. The van der Waals surface area contributed by atoms with Crippen molar-refractivity contribution < 1.29 is 10.2 Å². The molecule has 0 amide bonds. The maximum absolute atomic E-state index is 9.74. The Balaban J connectivity index is 2.96. The van der Waals surface area contributed by atoms with E-state index in [2.05, 4.69) is 0 Å². The van der Waals surface area contributed by atoms with Crippen LogP contribution in [-0.4, -0.2) is 16.3 Å². The Morgan fingerprint density at radius 3 is 2.73 bits per heavy atom. The first-order valence-electron chi connectivity index (χ1n) is 4.66. The fraction of sp³-hybridized carbons (Fsp3) is 0.364. The van der Waals surface area contributed by atoms with Gasteiger partial charge in [-0.05, 0) is 12.5 Å². The van der Waals surface area contributed by atoms with Crippen LogP contribution in [0.2, 0.25) is 0 Å². The monoisotopic (exact) mass is 206 g/mol. The third-order valence-corrected chi connectivity index (χ3v) is 2.34. The fourth-order valence-corrected chi connectivity index (χ4v) is 1.37. The molecule has 15 heavy (non-hydrogen) atoms. The first kappa shape index (κ1) is 11.5. The van der Waals surface area contributed by atoms with Crippen molar-refractivity contribution in [1.82, 2.24) is 0 Å². The zero-order chi connectivity index (χ0) is 11.4. The predicted octanol–water partition coefficient (Wildman–Crippen LogP) is 0.885. The van der Waals surface area contributed by atoms with E-state index in [9.17, 15) is 10.2 Å². The highest BCUT2D eigenvalue weighted by atomic mass is 16.3. The maximum Gasteiger partial charge on any atom is 0.108 e. The molecule has 0 fully saturated rings. The molecule has 0 aliphatic carbocycles. The Labute approximate surface area is 88.6 Å². The van der Waals surface area contributed by atoms with Crippen LogP contribution < -0.4 is 5.73 Å². The largest absolute Gasteiger partial charge is 0.398 e. The molecule has 4 heteroatoms. The molecule has 0 spiro atoms. The molecule has 2 atom stereocenters. The highest BCUT2D eigenvalue weighted by molar-refractivity contribution is 5.54. The van der Waals surface area contributed by atoms with Crippen molar-refractivity contribution in [2.75, 3.05) is 5.73 Å². The highest BCUT2D eigenvalue weighted by Gasteiger charge is 2.20. The number of anilines is 1. The van der Waals surface area contributed by atoms with Crippen LogP contribution in [0.25, 0.3) is 0 Å². The third kappa shape index (κ3) is 2.46. The molecule has 4 nitrogen and oxygen atoms in total. The minimum absolute atomic E-state index is 0.117. The van der Waals surface area contributed by atoms with E-state index < -0.39 is 12.2 Å². The lowest BCUT2D eigenvalue weighted by atomic mass is 9.98. The fourth-order valence-electron chi connectivity index (χ4n) is 1.37. The second kappa shape index (κ2) is 4.78. The molecule has 0 aromatic heterocycles. The molecule has 80 valence electrons. The molecule has 1 aromatic carbocycles. The van der Waals surface area contributed by atoms with E-state index in [1.165, 1.54) is 0 Å². The van der Waals surface area contributed by atoms with Crippen LogP contribution >= 0.6 is 0 Å². The summed E-state index contributed by atoms with van der Waals surface area (Å²) in [6.45, 7) is 1.82. The molecule has 0 aliphatic heterocycles. The summed E-state index contributed by atoms with van der Waals surface area (Å²) in [5, 5.41) is 27.6. The normalized spacial score (nSPS) is 14.3. The van der Waals surface area contributed by atoms with Crippen LogP contribution in [0.1, 0.15) is 23.7 Å². The van der Waals surface area contributed by atoms with E-state index in [4.69, 9.17) is 11.0 Å².